The van der Waals surface area contributed by atoms with Crippen molar-refractivity contribution in [3.05, 3.63) is 72.0 Å². The van der Waals surface area contributed by atoms with Gasteiger partial charge < -0.3 is 4.74 Å². The highest BCUT2D eigenvalue weighted by Crippen LogP contribution is 2.25. The summed E-state index contributed by atoms with van der Waals surface area (Å²) >= 11 is 1.40. The molecule has 2 aromatic heterocycles. The van der Waals surface area contributed by atoms with Crippen LogP contribution in [-0.2, 0) is 5.75 Å². The quantitative estimate of drug-likeness (QED) is 0.495. The first-order valence-corrected chi connectivity index (χ1v) is 8.96. The summed E-state index contributed by atoms with van der Waals surface area (Å²) in [7, 11) is 1.63. The van der Waals surface area contributed by atoms with Gasteiger partial charge in [0.1, 0.15) is 11.6 Å². The highest BCUT2D eigenvalue weighted by Gasteiger charge is 2.11. The van der Waals surface area contributed by atoms with E-state index in [0.717, 1.165) is 17.0 Å². The lowest BCUT2D eigenvalue weighted by Crippen LogP contribution is -1.97. The molecular weight excluding hydrogens is 351 g/mol. The minimum Gasteiger partial charge on any atom is -0.497 e. The molecular formula is C19H15FN4OS. The maximum Gasteiger partial charge on any atom is 0.212 e. The number of fused-ring (bicyclic) bond motifs is 1. The molecule has 0 aliphatic heterocycles. The van der Waals surface area contributed by atoms with Crippen LogP contribution in [0.5, 0.6) is 5.75 Å². The molecule has 0 unspecified atom stereocenters. The molecule has 5 nitrogen and oxygen atoms in total. The Labute approximate surface area is 153 Å². The average Bonchev–Trinajstić information content (AvgIpc) is 3.10. The number of ether oxygens (including phenoxy) is 1. The van der Waals surface area contributed by atoms with E-state index in [2.05, 4.69) is 15.3 Å². The second kappa shape index (κ2) is 7.13. The highest BCUT2D eigenvalue weighted by molar-refractivity contribution is 7.98. The van der Waals surface area contributed by atoms with Crippen molar-refractivity contribution in [3.8, 4) is 17.0 Å². The third kappa shape index (κ3) is 3.25. The first kappa shape index (κ1) is 16.5. The zero-order valence-corrected chi connectivity index (χ0v) is 14.8. The molecule has 0 atom stereocenters. The van der Waals surface area contributed by atoms with Gasteiger partial charge >= 0.3 is 0 Å². The van der Waals surface area contributed by atoms with Crippen molar-refractivity contribution in [1.29, 1.82) is 0 Å². The first-order chi connectivity index (χ1) is 12.7. The van der Waals surface area contributed by atoms with E-state index in [4.69, 9.17) is 4.74 Å². The van der Waals surface area contributed by atoms with Crippen molar-refractivity contribution in [2.24, 2.45) is 0 Å². The van der Waals surface area contributed by atoms with Gasteiger partial charge in [-0.1, -0.05) is 30.0 Å². The molecule has 0 saturated heterocycles. The maximum atomic E-state index is 13.8. The molecule has 2 aromatic carbocycles. The third-order valence-corrected chi connectivity index (χ3v) is 4.90. The standard InChI is InChI=1S/C19H15FN4OS/c1-25-15-8-6-13(7-9-15)17-10-11-18-21-22-19(24(18)23-17)26-12-14-4-2-3-5-16(14)20/h2-11H,12H2,1H3. The van der Waals surface area contributed by atoms with Crippen molar-refractivity contribution >= 4 is 17.4 Å². The Bertz CT molecular complexity index is 1050. The average molecular weight is 366 g/mol. The van der Waals surface area contributed by atoms with Crippen LogP contribution in [0.2, 0.25) is 0 Å². The predicted molar refractivity (Wildman–Crippen MR) is 98.7 cm³/mol. The zero-order chi connectivity index (χ0) is 17.9. The summed E-state index contributed by atoms with van der Waals surface area (Å²) in [6.45, 7) is 0. The normalized spacial score (nSPS) is 11.0. The Morgan fingerprint density at radius 1 is 1.00 bits per heavy atom. The zero-order valence-electron chi connectivity index (χ0n) is 14.0. The Balaban J connectivity index is 1.63. The second-order valence-corrected chi connectivity index (χ2v) is 6.52. The molecule has 7 heteroatoms. The van der Waals surface area contributed by atoms with E-state index in [9.17, 15) is 4.39 Å². The van der Waals surface area contributed by atoms with E-state index in [1.54, 1.807) is 23.8 Å². The Morgan fingerprint density at radius 3 is 2.58 bits per heavy atom. The van der Waals surface area contributed by atoms with Crippen molar-refractivity contribution in [1.82, 2.24) is 19.8 Å². The number of thioether (sulfide) groups is 1. The van der Waals surface area contributed by atoms with Gasteiger partial charge in [0.2, 0.25) is 5.16 Å². The van der Waals surface area contributed by atoms with Gasteiger partial charge in [0.15, 0.2) is 5.65 Å². The monoisotopic (exact) mass is 366 g/mol. The molecule has 4 aromatic rings. The molecule has 0 saturated carbocycles. The van der Waals surface area contributed by atoms with Gasteiger partial charge in [0, 0.05) is 11.3 Å². The fourth-order valence-electron chi connectivity index (χ4n) is 2.53. The molecule has 2 heterocycles. The van der Waals surface area contributed by atoms with Crippen LogP contribution >= 0.6 is 11.8 Å². The summed E-state index contributed by atoms with van der Waals surface area (Å²) in [5.74, 6) is 1.03. The van der Waals surface area contributed by atoms with Crippen LogP contribution in [0.4, 0.5) is 4.39 Å². The van der Waals surface area contributed by atoms with E-state index >= 15 is 0 Å². The van der Waals surface area contributed by atoms with Crippen molar-refractivity contribution in [2.75, 3.05) is 7.11 Å². The highest BCUT2D eigenvalue weighted by atomic mass is 32.2. The van der Waals surface area contributed by atoms with Crippen LogP contribution in [0.15, 0.2) is 65.8 Å². The van der Waals surface area contributed by atoms with Gasteiger partial charge in [-0.05, 0) is 48.0 Å². The van der Waals surface area contributed by atoms with Crippen molar-refractivity contribution < 1.29 is 9.13 Å². The summed E-state index contributed by atoms with van der Waals surface area (Å²) in [4.78, 5) is 0. The molecule has 0 amide bonds. The number of rotatable bonds is 5. The fraction of sp³-hybridized carbons (Fsp3) is 0.105. The molecule has 0 aliphatic rings. The topological polar surface area (TPSA) is 52.3 Å². The number of halogens is 1. The summed E-state index contributed by atoms with van der Waals surface area (Å²) in [6.07, 6.45) is 0. The van der Waals surface area contributed by atoms with Gasteiger partial charge in [-0.15, -0.1) is 10.2 Å². The second-order valence-electron chi connectivity index (χ2n) is 5.58. The lowest BCUT2D eigenvalue weighted by atomic mass is 10.1. The molecule has 4 rings (SSSR count). The molecule has 26 heavy (non-hydrogen) atoms. The van der Waals surface area contributed by atoms with Crippen LogP contribution in [0, 0.1) is 5.82 Å². The Hall–Kier alpha value is -2.93. The summed E-state index contributed by atoms with van der Waals surface area (Å²) in [5, 5.41) is 13.6. The van der Waals surface area contributed by atoms with Crippen LogP contribution in [-0.4, -0.2) is 26.9 Å². The number of hydrogen-bond donors (Lipinski definition) is 0. The third-order valence-electron chi connectivity index (χ3n) is 3.93. The van der Waals surface area contributed by atoms with Crippen LogP contribution in [0.1, 0.15) is 5.56 Å². The summed E-state index contributed by atoms with van der Waals surface area (Å²) < 4.78 is 20.7. The molecule has 0 aliphatic carbocycles. The van der Waals surface area contributed by atoms with Crippen molar-refractivity contribution in [2.45, 2.75) is 10.9 Å². The number of methoxy groups -OCH3 is 1. The number of benzene rings is 2. The van der Waals surface area contributed by atoms with E-state index in [1.165, 1.54) is 17.8 Å². The lowest BCUT2D eigenvalue weighted by Gasteiger charge is -2.05. The van der Waals surface area contributed by atoms with Gasteiger partial charge in [-0.2, -0.15) is 9.61 Å². The summed E-state index contributed by atoms with van der Waals surface area (Å²) in [5.41, 5.74) is 3.04. The Kier molecular flexibility index (Phi) is 4.53. The lowest BCUT2D eigenvalue weighted by molar-refractivity contribution is 0.415. The van der Waals surface area contributed by atoms with Gasteiger partial charge in [0.05, 0.1) is 12.8 Å². The van der Waals surface area contributed by atoms with Gasteiger partial charge in [-0.25, -0.2) is 4.39 Å². The molecule has 0 spiro atoms. The first-order valence-electron chi connectivity index (χ1n) is 7.98. The minimum absolute atomic E-state index is 0.222. The predicted octanol–water partition coefficient (Wildman–Crippen LogP) is 4.23. The van der Waals surface area contributed by atoms with E-state index < -0.39 is 0 Å². The largest absolute Gasteiger partial charge is 0.497 e. The number of aromatic nitrogens is 4. The minimum atomic E-state index is -0.222. The Morgan fingerprint density at radius 2 is 1.81 bits per heavy atom. The van der Waals surface area contributed by atoms with Crippen LogP contribution in [0.3, 0.4) is 0 Å². The van der Waals surface area contributed by atoms with Gasteiger partial charge in [-0.3, -0.25) is 0 Å². The van der Waals surface area contributed by atoms with E-state index in [-0.39, 0.29) is 5.82 Å². The fourth-order valence-corrected chi connectivity index (χ4v) is 3.41. The molecule has 0 fully saturated rings. The summed E-state index contributed by atoms with van der Waals surface area (Å²) in [6, 6.07) is 18.2. The number of hydrogen-bond acceptors (Lipinski definition) is 5. The molecule has 0 N–H and O–H groups in total. The molecule has 0 radical (unpaired) electrons. The number of nitrogens with zero attached hydrogens (tertiary/aromatic N) is 4. The van der Waals surface area contributed by atoms with E-state index in [1.807, 2.05) is 42.5 Å². The van der Waals surface area contributed by atoms with E-state index in [0.29, 0.717) is 22.1 Å². The SMILES string of the molecule is COc1ccc(-c2ccc3nnc(SCc4ccccc4F)n3n2)cc1. The van der Waals surface area contributed by atoms with Crippen LogP contribution < -0.4 is 4.74 Å². The smallest absolute Gasteiger partial charge is 0.212 e. The van der Waals surface area contributed by atoms with Crippen LogP contribution in [0.25, 0.3) is 16.9 Å². The van der Waals surface area contributed by atoms with Crippen molar-refractivity contribution in [3.63, 3.8) is 0 Å². The molecule has 0 bridgehead atoms. The van der Waals surface area contributed by atoms with Gasteiger partial charge in [0.25, 0.3) is 0 Å². The molecule has 130 valence electrons. The maximum absolute atomic E-state index is 13.8.